The zero-order valence-electron chi connectivity index (χ0n) is 18.4. The molecule has 2 aromatic heterocycles. The van der Waals surface area contributed by atoms with Crippen molar-refractivity contribution in [1.29, 1.82) is 0 Å². The van der Waals surface area contributed by atoms with Gasteiger partial charge in [0.15, 0.2) is 5.76 Å². The van der Waals surface area contributed by atoms with Crippen molar-refractivity contribution in [3.05, 3.63) is 83.9 Å². The molecule has 0 N–H and O–H groups in total. The number of hydrogen-bond acceptors (Lipinski definition) is 6. The molecule has 0 aliphatic rings. The van der Waals surface area contributed by atoms with Crippen molar-refractivity contribution >= 4 is 5.78 Å². The fourth-order valence-corrected chi connectivity index (χ4v) is 3.60. The van der Waals surface area contributed by atoms with E-state index in [4.69, 9.17) is 18.6 Å². The van der Waals surface area contributed by atoms with Gasteiger partial charge in [-0.3, -0.25) is 4.79 Å². The third kappa shape index (κ3) is 4.02. The maximum absolute atomic E-state index is 13.1. The molecule has 1 atom stereocenters. The minimum atomic E-state index is -0.789. The molecule has 7 nitrogen and oxygen atoms in total. The van der Waals surface area contributed by atoms with Gasteiger partial charge in [-0.25, -0.2) is 4.68 Å². The lowest BCUT2D eigenvalue weighted by Crippen LogP contribution is -2.14. The smallest absolute Gasteiger partial charge is 0.231 e. The SMILES string of the molecule is COc1cc(-c2ccc(C(=O)C(OC)c3ccc(-n4cccn4)cc3)o2)cc(OC)c1C. The molecule has 7 heteroatoms. The Morgan fingerprint density at radius 2 is 1.69 bits per heavy atom. The Labute approximate surface area is 186 Å². The van der Waals surface area contributed by atoms with Crippen molar-refractivity contribution in [2.75, 3.05) is 21.3 Å². The van der Waals surface area contributed by atoms with Crippen LogP contribution in [0, 0.1) is 6.92 Å². The number of hydrogen-bond donors (Lipinski definition) is 0. The predicted octanol–water partition coefficient (Wildman–Crippen LogP) is 5.03. The van der Waals surface area contributed by atoms with Crippen molar-refractivity contribution in [3.63, 3.8) is 0 Å². The molecule has 2 aromatic carbocycles. The largest absolute Gasteiger partial charge is 0.496 e. The second kappa shape index (κ2) is 9.11. The topological polar surface area (TPSA) is 75.7 Å². The Bertz CT molecular complexity index is 1180. The predicted molar refractivity (Wildman–Crippen MR) is 120 cm³/mol. The third-order valence-corrected chi connectivity index (χ3v) is 5.32. The van der Waals surface area contributed by atoms with Gasteiger partial charge in [0.05, 0.1) is 19.9 Å². The van der Waals surface area contributed by atoms with Crippen LogP contribution in [-0.2, 0) is 4.74 Å². The first kappa shape index (κ1) is 21.4. The van der Waals surface area contributed by atoms with Crippen LogP contribution >= 0.6 is 0 Å². The average molecular weight is 432 g/mol. The maximum atomic E-state index is 13.1. The number of ketones is 1. The highest BCUT2D eigenvalue weighted by Crippen LogP contribution is 2.35. The molecule has 164 valence electrons. The van der Waals surface area contributed by atoms with E-state index in [9.17, 15) is 4.79 Å². The first-order valence-corrected chi connectivity index (χ1v) is 10.1. The zero-order chi connectivity index (χ0) is 22.7. The van der Waals surface area contributed by atoms with Gasteiger partial charge in [0.2, 0.25) is 5.78 Å². The number of ether oxygens (including phenoxy) is 3. The fraction of sp³-hybridized carbons (Fsp3) is 0.200. The Kier molecular flexibility index (Phi) is 6.09. The molecule has 4 aromatic rings. The molecule has 0 radical (unpaired) electrons. The number of nitrogens with zero attached hydrogens (tertiary/aromatic N) is 2. The average Bonchev–Trinajstić information content (AvgIpc) is 3.53. The van der Waals surface area contributed by atoms with Gasteiger partial charge in [-0.15, -0.1) is 0 Å². The van der Waals surface area contributed by atoms with Crippen molar-refractivity contribution < 1.29 is 23.4 Å². The van der Waals surface area contributed by atoms with Gasteiger partial charge in [0, 0.05) is 30.6 Å². The van der Waals surface area contributed by atoms with Crippen molar-refractivity contribution in [3.8, 4) is 28.5 Å². The molecule has 0 saturated carbocycles. The summed E-state index contributed by atoms with van der Waals surface area (Å²) in [6.07, 6.45) is 2.78. The Balaban J connectivity index is 1.60. The van der Waals surface area contributed by atoms with E-state index in [1.807, 2.05) is 55.6 Å². The van der Waals surface area contributed by atoms with Crippen LogP contribution in [0.3, 0.4) is 0 Å². The molecular weight excluding hydrogens is 408 g/mol. The van der Waals surface area contributed by atoms with Crippen molar-refractivity contribution in [1.82, 2.24) is 9.78 Å². The van der Waals surface area contributed by atoms with Crippen LogP contribution in [0.4, 0.5) is 0 Å². The van der Waals surface area contributed by atoms with Gasteiger partial charge in [0.1, 0.15) is 23.4 Å². The lowest BCUT2D eigenvalue weighted by Gasteiger charge is -2.14. The minimum Gasteiger partial charge on any atom is -0.496 e. The minimum absolute atomic E-state index is 0.210. The van der Waals surface area contributed by atoms with E-state index in [-0.39, 0.29) is 11.5 Å². The fourth-order valence-electron chi connectivity index (χ4n) is 3.60. The van der Waals surface area contributed by atoms with E-state index in [2.05, 4.69) is 5.10 Å². The van der Waals surface area contributed by atoms with Crippen LogP contribution in [0.5, 0.6) is 11.5 Å². The van der Waals surface area contributed by atoms with E-state index in [0.717, 1.165) is 22.4 Å². The van der Waals surface area contributed by atoms with Crippen LogP contribution in [-0.4, -0.2) is 36.9 Å². The normalized spacial score (nSPS) is 11.9. The number of Topliss-reactive ketones (excluding diaryl/α,β-unsaturated/α-hetero) is 1. The number of carbonyl (C=O) groups excluding carboxylic acids is 1. The molecule has 0 spiro atoms. The number of carbonyl (C=O) groups is 1. The summed E-state index contributed by atoms with van der Waals surface area (Å²) in [5.74, 6) is 1.83. The molecule has 0 bridgehead atoms. The summed E-state index contributed by atoms with van der Waals surface area (Å²) in [4.78, 5) is 13.1. The maximum Gasteiger partial charge on any atom is 0.231 e. The molecule has 0 aliphatic carbocycles. The number of aromatic nitrogens is 2. The molecule has 4 rings (SSSR count). The third-order valence-electron chi connectivity index (χ3n) is 5.32. The molecular formula is C25H24N2O5. The summed E-state index contributed by atoms with van der Waals surface area (Å²) in [7, 11) is 4.70. The second-order valence-electron chi connectivity index (χ2n) is 7.19. The summed E-state index contributed by atoms with van der Waals surface area (Å²) >= 11 is 0. The van der Waals surface area contributed by atoms with E-state index in [0.29, 0.717) is 17.3 Å². The van der Waals surface area contributed by atoms with E-state index in [1.54, 1.807) is 37.2 Å². The lowest BCUT2D eigenvalue weighted by molar-refractivity contribution is 0.0577. The van der Waals surface area contributed by atoms with Crippen LogP contribution in [0.25, 0.3) is 17.0 Å². The number of furan rings is 1. The summed E-state index contributed by atoms with van der Waals surface area (Å²) < 4.78 is 24.0. The first-order chi connectivity index (χ1) is 15.5. The number of rotatable bonds is 8. The van der Waals surface area contributed by atoms with Gasteiger partial charge in [-0.05, 0) is 55.0 Å². The second-order valence-corrected chi connectivity index (χ2v) is 7.19. The summed E-state index contributed by atoms with van der Waals surface area (Å²) in [6, 6.07) is 16.4. The molecule has 2 heterocycles. The van der Waals surface area contributed by atoms with Crippen molar-refractivity contribution in [2.45, 2.75) is 13.0 Å². The van der Waals surface area contributed by atoms with Crippen LogP contribution in [0.15, 0.2) is 71.4 Å². The van der Waals surface area contributed by atoms with Crippen LogP contribution in [0.1, 0.15) is 27.8 Å². The molecule has 0 saturated heterocycles. The molecule has 32 heavy (non-hydrogen) atoms. The molecule has 0 fully saturated rings. The lowest BCUT2D eigenvalue weighted by atomic mass is 10.0. The molecule has 0 aliphatic heterocycles. The number of benzene rings is 2. The Morgan fingerprint density at radius 3 is 2.25 bits per heavy atom. The molecule has 1 unspecified atom stereocenters. The Hall–Kier alpha value is -3.84. The highest BCUT2D eigenvalue weighted by atomic mass is 16.5. The van der Waals surface area contributed by atoms with E-state index in [1.165, 1.54) is 7.11 Å². The van der Waals surface area contributed by atoms with Crippen LogP contribution < -0.4 is 9.47 Å². The zero-order valence-corrected chi connectivity index (χ0v) is 18.4. The quantitative estimate of drug-likeness (QED) is 0.364. The van der Waals surface area contributed by atoms with Gasteiger partial charge >= 0.3 is 0 Å². The number of methoxy groups -OCH3 is 3. The van der Waals surface area contributed by atoms with Gasteiger partial charge in [0.25, 0.3) is 0 Å². The first-order valence-electron chi connectivity index (χ1n) is 10.1. The standard InChI is InChI=1S/C25H24N2O5/c1-16-22(29-2)14-18(15-23(16)30-3)20-10-11-21(32-20)24(28)25(31-4)17-6-8-19(9-7-17)27-13-5-12-26-27/h5-15,25H,1-4H3. The van der Waals surface area contributed by atoms with Crippen molar-refractivity contribution in [2.24, 2.45) is 0 Å². The highest BCUT2D eigenvalue weighted by molar-refractivity contribution is 5.98. The van der Waals surface area contributed by atoms with Gasteiger partial charge < -0.3 is 18.6 Å². The van der Waals surface area contributed by atoms with E-state index >= 15 is 0 Å². The summed E-state index contributed by atoms with van der Waals surface area (Å²) in [5, 5.41) is 4.21. The summed E-state index contributed by atoms with van der Waals surface area (Å²) in [5.41, 5.74) is 3.26. The van der Waals surface area contributed by atoms with Gasteiger partial charge in [-0.1, -0.05) is 12.1 Å². The molecule has 0 amide bonds. The monoisotopic (exact) mass is 432 g/mol. The van der Waals surface area contributed by atoms with E-state index < -0.39 is 6.10 Å². The summed E-state index contributed by atoms with van der Waals surface area (Å²) in [6.45, 7) is 1.92. The Morgan fingerprint density at radius 1 is 1.00 bits per heavy atom. The van der Waals surface area contributed by atoms with Gasteiger partial charge in [-0.2, -0.15) is 5.10 Å². The highest BCUT2D eigenvalue weighted by Gasteiger charge is 2.25. The van der Waals surface area contributed by atoms with Crippen LogP contribution in [0.2, 0.25) is 0 Å².